The quantitative estimate of drug-likeness (QED) is 0.632. The van der Waals surface area contributed by atoms with Gasteiger partial charge in [0.25, 0.3) is 0 Å². The number of hydrogen-bond donors (Lipinski definition) is 1. The van der Waals surface area contributed by atoms with Crippen LogP contribution in [0.1, 0.15) is 16.7 Å². The highest BCUT2D eigenvalue weighted by Gasteiger charge is 2.10. The Morgan fingerprint density at radius 3 is 2.78 bits per heavy atom. The molecule has 0 aliphatic rings. The molecule has 0 saturated carbocycles. The molecule has 4 aromatic rings. The van der Waals surface area contributed by atoms with Crippen LogP contribution in [0.15, 0.2) is 36.9 Å². The summed E-state index contributed by atoms with van der Waals surface area (Å²) in [4.78, 5) is 9.23. The van der Waals surface area contributed by atoms with E-state index in [1.807, 2.05) is 25.6 Å². The van der Waals surface area contributed by atoms with Gasteiger partial charge in [0.2, 0.25) is 0 Å². The molecule has 4 rings (SSSR count). The van der Waals surface area contributed by atoms with Gasteiger partial charge in [0.1, 0.15) is 0 Å². The van der Waals surface area contributed by atoms with Crippen LogP contribution in [0.3, 0.4) is 0 Å². The highest BCUT2D eigenvalue weighted by Crippen LogP contribution is 2.23. The minimum absolute atomic E-state index is 0.666. The molecule has 0 bridgehead atoms. The first-order valence-electron chi connectivity index (χ1n) is 7.57. The van der Waals surface area contributed by atoms with E-state index in [2.05, 4.69) is 45.8 Å². The van der Waals surface area contributed by atoms with Crippen LogP contribution >= 0.6 is 0 Å². The summed E-state index contributed by atoms with van der Waals surface area (Å²) in [5.41, 5.74) is 6.48. The van der Waals surface area contributed by atoms with E-state index in [1.54, 1.807) is 10.9 Å². The summed E-state index contributed by atoms with van der Waals surface area (Å²) in [6, 6.07) is 4.29. The van der Waals surface area contributed by atoms with Gasteiger partial charge in [-0.05, 0) is 37.1 Å². The summed E-state index contributed by atoms with van der Waals surface area (Å²) >= 11 is 0. The summed E-state index contributed by atoms with van der Waals surface area (Å²) in [5.74, 6) is 0.787. The molecule has 0 amide bonds. The number of nitrogens with zero attached hydrogens (tertiary/aromatic N) is 5. The van der Waals surface area contributed by atoms with Crippen LogP contribution in [-0.2, 0) is 13.6 Å². The first-order valence-corrected chi connectivity index (χ1v) is 7.57. The Morgan fingerprint density at radius 1 is 1.17 bits per heavy atom. The van der Waals surface area contributed by atoms with Crippen molar-refractivity contribution in [2.75, 3.05) is 5.32 Å². The predicted molar refractivity (Wildman–Crippen MR) is 90.5 cm³/mol. The Morgan fingerprint density at radius 2 is 2.00 bits per heavy atom. The maximum absolute atomic E-state index is 4.78. The molecule has 6 heteroatoms. The second-order valence-corrected chi connectivity index (χ2v) is 5.88. The topological polar surface area (TPSA) is 60.0 Å². The number of benzene rings is 1. The molecule has 6 nitrogen and oxygen atoms in total. The Bertz CT molecular complexity index is 1010. The second-order valence-electron chi connectivity index (χ2n) is 5.88. The van der Waals surface area contributed by atoms with Gasteiger partial charge in [0.05, 0.1) is 17.2 Å². The number of aromatic nitrogens is 5. The minimum Gasteiger partial charge on any atom is -0.363 e. The van der Waals surface area contributed by atoms with Crippen molar-refractivity contribution in [3.8, 4) is 0 Å². The smallest absolute Gasteiger partial charge is 0.180 e. The van der Waals surface area contributed by atoms with Gasteiger partial charge in [-0.25, -0.2) is 9.97 Å². The molecule has 3 heterocycles. The van der Waals surface area contributed by atoms with Crippen molar-refractivity contribution in [2.45, 2.75) is 20.4 Å². The van der Waals surface area contributed by atoms with Crippen LogP contribution in [0.25, 0.3) is 16.7 Å². The minimum atomic E-state index is 0.666. The fourth-order valence-electron chi connectivity index (χ4n) is 2.78. The maximum atomic E-state index is 4.78. The van der Waals surface area contributed by atoms with E-state index in [-0.39, 0.29) is 0 Å². The molecular weight excluding hydrogens is 288 g/mol. The maximum Gasteiger partial charge on any atom is 0.180 e. The standard InChI is InChI=1S/C17H18N6/c1-11-6-14-15(7-12(11)2)23-5-4-18-17(23)16(21-14)19-8-13-9-20-22(3)10-13/h4-7,9-10H,8H2,1-3H3,(H,19,21). The molecule has 0 aliphatic heterocycles. The summed E-state index contributed by atoms with van der Waals surface area (Å²) < 4.78 is 3.88. The molecule has 0 spiro atoms. The van der Waals surface area contributed by atoms with Crippen LogP contribution in [0, 0.1) is 13.8 Å². The predicted octanol–water partition coefficient (Wildman–Crippen LogP) is 2.84. The van der Waals surface area contributed by atoms with E-state index in [1.165, 1.54) is 11.1 Å². The average Bonchev–Trinajstić information content (AvgIpc) is 3.16. The SMILES string of the molecule is Cc1cc2nc(NCc3cnn(C)c3)c3nccn3c2cc1C. The summed E-state index contributed by atoms with van der Waals surface area (Å²) in [6.45, 7) is 4.89. The average molecular weight is 306 g/mol. The fourth-order valence-corrected chi connectivity index (χ4v) is 2.78. The fraction of sp³-hybridized carbons (Fsp3) is 0.235. The zero-order valence-corrected chi connectivity index (χ0v) is 13.4. The lowest BCUT2D eigenvalue weighted by molar-refractivity contribution is 0.767. The van der Waals surface area contributed by atoms with Crippen molar-refractivity contribution in [1.29, 1.82) is 0 Å². The van der Waals surface area contributed by atoms with E-state index in [0.29, 0.717) is 6.54 Å². The number of fused-ring (bicyclic) bond motifs is 3. The van der Waals surface area contributed by atoms with Gasteiger partial charge in [-0.15, -0.1) is 0 Å². The van der Waals surface area contributed by atoms with Gasteiger partial charge in [0.15, 0.2) is 11.5 Å². The lowest BCUT2D eigenvalue weighted by atomic mass is 10.1. The molecule has 3 aromatic heterocycles. The Hall–Kier alpha value is -2.89. The van der Waals surface area contributed by atoms with Gasteiger partial charge in [-0.1, -0.05) is 0 Å². The third-order valence-electron chi connectivity index (χ3n) is 4.15. The van der Waals surface area contributed by atoms with Crippen LogP contribution in [0.2, 0.25) is 0 Å². The normalized spacial score (nSPS) is 11.4. The molecular formula is C17H18N6. The van der Waals surface area contributed by atoms with E-state index < -0.39 is 0 Å². The summed E-state index contributed by atoms with van der Waals surface area (Å²) in [7, 11) is 1.91. The lowest BCUT2D eigenvalue weighted by Crippen LogP contribution is -2.05. The number of hydrogen-bond acceptors (Lipinski definition) is 4. The molecule has 0 aliphatic carbocycles. The van der Waals surface area contributed by atoms with E-state index in [9.17, 15) is 0 Å². The van der Waals surface area contributed by atoms with Gasteiger partial charge >= 0.3 is 0 Å². The van der Waals surface area contributed by atoms with E-state index in [0.717, 1.165) is 28.1 Å². The lowest BCUT2D eigenvalue weighted by Gasteiger charge is -2.10. The van der Waals surface area contributed by atoms with Crippen LogP contribution in [-0.4, -0.2) is 24.1 Å². The third kappa shape index (κ3) is 2.32. The number of imidazole rings is 1. The number of rotatable bonds is 3. The first kappa shape index (κ1) is 13.8. The Labute approximate surface area is 133 Å². The van der Waals surface area contributed by atoms with E-state index in [4.69, 9.17) is 4.98 Å². The van der Waals surface area contributed by atoms with Crippen molar-refractivity contribution in [3.05, 3.63) is 53.6 Å². The molecule has 0 atom stereocenters. The summed E-state index contributed by atoms with van der Waals surface area (Å²) in [6.07, 6.45) is 7.62. The third-order valence-corrected chi connectivity index (χ3v) is 4.15. The molecule has 0 unspecified atom stereocenters. The van der Waals surface area contributed by atoms with E-state index >= 15 is 0 Å². The van der Waals surface area contributed by atoms with Crippen molar-refractivity contribution < 1.29 is 0 Å². The second kappa shape index (κ2) is 5.08. The van der Waals surface area contributed by atoms with Gasteiger partial charge < -0.3 is 5.32 Å². The zero-order chi connectivity index (χ0) is 16.0. The Balaban J connectivity index is 1.81. The molecule has 0 radical (unpaired) electrons. The molecule has 116 valence electrons. The largest absolute Gasteiger partial charge is 0.363 e. The molecule has 1 aromatic carbocycles. The summed E-state index contributed by atoms with van der Waals surface area (Å²) in [5, 5.41) is 7.57. The van der Waals surface area contributed by atoms with Crippen molar-refractivity contribution >= 4 is 22.5 Å². The molecule has 1 N–H and O–H groups in total. The highest BCUT2D eigenvalue weighted by atomic mass is 15.2. The number of anilines is 1. The van der Waals surface area contributed by atoms with Crippen LogP contribution in [0.4, 0.5) is 5.82 Å². The molecule has 0 fully saturated rings. The van der Waals surface area contributed by atoms with Gasteiger partial charge in [-0.3, -0.25) is 9.08 Å². The number of aryl methyl sites for hydroxylation is 3. The first-order chi connectivity index (χ1) is 11.1. The molecule has 23 heavy (non-hydrogen) atoms. The van der Waals surface area contributed by atoms with Gasteiger partial charge in [0, 0.05) is 37.7 Å². The highest BCUT2D eigenvalue weighted by molar-refractivity contribution is 5.84. The van der Waals surface area contributed by atoms with Crippen molar-refractivity contribution in [1.82, 2.24) is 24.1 Å². The van der Waals surface area contributed by atoms with Crippen LogP contribution in [0.5, 0.6) is 0 Å². The number of nitrogens with one attached hydrogen (secondary N) is 1. The monoisotopic (exact) mass is 306 g/mol. The van der Waals surface area contributed by atoms with Crippen molar-refractivity contribution in [2.24, 2.45) is 7.05 Å². The van der Waals surface area contributed by atoms with Crippen molar-refractivity contribution in [3.63, 3.8) is 0 Å². The van der Waals surface area contributed by atoms with Gasteiger partial charge in [-0.2, -0.15) is 5.10 Å². The zero-order valence-electron chi connectivity index (χ0n) is 13.4. The molecule has 0 saturated heterocycles. The Kier molecular flexibility index (Phi) is 3.04. The van der Waals surface area contributed by atoms with Crippen LogP contribution < -0.4 is 5.32 Å².